The zero-order chi connectivity index (χ0) is 12.1. The van der Waals surface area contributed by atoms with Gasteiger partial charge in [0.2, 0.25) is 0 Å². The monoisotopic (exact) mass is 236 g/mol. The zero-order valence-corrected chi connectivity index (χ0v) is 9.57. The fraction of sp³-hybridized carbons (Fsp3) is 0.500. The van der Waals surface area contributed by atoms with Gasteiger partial charge in [0.05, 0.1) is 5.92 Å². The van der Waals surface area contributed by atoms with Gasteiger partial charge in [-0.3, -0.25) is 4.79 Å². The number of nitrogens with one attached hydrogen (secondary N) is 2. The number of carbonyl (C=O) groups is 2. The van der Waals surface area contributed by atoms with E-state index in [1.165, 1.54) is 6.42 Å². The number of aromatic nitrogens is 1. The molecule has 0 atom stereocenters. The fourth-order valence-electron chi connectivity index (χ4n) is 2.04. The molecule has 1 aromatic rings. The molecule has 0 aliphatic heterocycles. The van der Waals surface area contributed by atoms with Crippen molar-refractivity contribution in [1.82, 2.24) is 10.5 Å². The second-order valence-electron chi connectivity index (χ2n) is 4.27. The van der Waals surface area contributed by atoms with Gasteiger partial charge in [0.25, 0.3) is 5.91 Å². The highest BCUT2D eigenvalue weighted by Crippen LogP contribution is 2.24. The molecule has 1 saturated carbocycles. The Hall–Kier alpha value is -1.78. The second kappa shape index (κ2) is 5.52. The molecule has 17 heavy (non-hydrogen) atoms. The van der Waals surface area contributed by atoms with Crippen molar-refractivity contribution < 1.29 is 14.4 Å². The van der Waals surface area contributed by atoms with Crippen LogP contribution in [0.25, 0.3) is 0 Å². The molecule has 1 aliphatic carbocycles. The lowest BCUT2D eigenvalue weighted by Gasteiger charge is -2.19. The van der Waals surface area contributed by atoms with Gasteiger partial charge in [0, 0.05) is 6.20 Å². The van der Waals surface area contributed by atoms with E-state index in [9.17, 15) is 9.59 Å². The second-order valence-corrected chi connectivity index (χ2v) is 4.27. The van der Waals surface area contributed by atoms with Gasteiger partial charge < -0.3 is 9.82 Å². The Morgan fingerprint density at radius 2 is 2.06 bits per heavy atom. The molecule has 0 radical (unpaired) electrons. The summed E-state index contributed by atoms with van der Waals surface area (Å²) >= 11 is 0. The molecule has 2 N–H and O–H groups in total. The molecule has 1 aliphatic rings. The third-order valence-electron chi connectivity index (χ3n) is 3.03. The molecule has 92 valence electrons. The Kier molecular flexibility index (Phi) is 3.80. The van der Waals surface area contributed by atoms with Gasteiger partial charge in [0.15, 0.2) is 0 Å². The predicted molar refractivity (Wildman–Crippen MR) is 60.9 cm³/mol. The summed E-state index contributed by atoms with van der Waals surface area (Å²) in [6, 6.07) is 3.32. The van der Waals surface area contributed by atoms with Gasteiger partial charge in [0.1, 0.15) is 5.69 Å². The summed E-state index contributed by atoms with van der Waals surface area (Å²) in [5.41, 5.74) is 2.54. The summed E-state index contributed by atoms with van der Waals surface area (Å²) in [5, 5.41) is 0. The van der Waals surface area contributed by atoms with Crippen molar-refractivity contribution in [1.29, 1.82) is 0 Å². The zero-order valence-electron chi connectivity index (χ0n) is 9.57. The number of amides is 1. The maximum atomic E-state index is 11.6. The number of hydrogen-bond donors (Lipinski definition) is 2. The van der Waals surface area contributed by atoms with Crippen molar-refractivity contribution in [2.45, 2.75) is 32.1 Å². The molecule has 0 unspecified atom stereocenters. The maximum absolute atomic E-state index is 11.6. The van der Waals surface area contributed by atoms with E-state index in [4.69, 9.17) is 4.84 Å². The fourth-order valence-corrected chi connectivity index (χ4v) is 2.04. The molecule has 5 heteroatoms. The summed E-state index contributed by atoms with van der Waals surface area (Å²) in [6.45, 7) is 0. The normalized spacial score (nSPS) is 16.5. The SMILES string of the molecule is O=C(NOC(=O)C1CCCCC1)c1ccc[nH]1. The Bertz CT molecular complexity index is 380. The van der Waals surface area contributed by atoms with Crippen molar-refractivity contribution in [3.8, 4) is 0 Å². The number of aromatic amines is 1. The van der Waals surface area contributed by atoms with Crippen molar-refractivity contribution in [3.05, 3.63) is 24.0 Å². The van der Waals surface area contributed by atoms with Crippen LogP contribution in [0.2, 0.25) is 0 Å². The largest absolute Gasteiger partial charge is 0.357 e. The Labute approximate surface area is 99.5 Å². The first kappa shape index (κ1) is 11.7. The summed E-state index contributed by atoms with van der Waals surface area (Å²) < 4.78 is 0. The van der Waals surface area contributed by atoms with Crippen LogP contribution in [-0.4, -0.2) is 16.9 Å². The molecular formula is C12H16N2O3. The minimum Gasteiger partial charge on any atom is -0.357 e. The first-order valence-corrected chi connectivity index (χ1v) is 5.92. The summed E-state index contributed by atoms with van der Waals surface area (Å²) in [7, 11) is 0. The van der Waals surface area contributed by atoms with E-state index in [1.54, 1.807) is 18.3 Å². The highest BCUT2D eigenvalue weighted by atomic mass is 16.7. The van der Waals surface area contributed by atoms with Gasteiger partial charge in [-0.05, 0) is 25.0 Å². The van der Waals surface area contributed by atoms with Crippen LogP contribution in [-0.2, 0) is 9.63 Å². The van der Waals surface area contributed by atoms with Crippen molar-refractivity contribution >= 4 is 11.9 Å². The van der Waals surface area contributed by atoms with Gasteiger partial charge in [-0.1, -0.05) is 19.3 Å². The number of carbonyl (C=O) groups excluding carboxylic acids is 2. The minimum atomic E-state index is -0.431. The van der Waals surface area contributed by atoms with Crippen molar-refractivity contribution in [2.75, 3.05) is 0 Å². The predicted octanol–water partition coefficient (Wildman–Crippen LogP) is 1.78. The molecule has 0 aromatic carbocycles. The van der Waals surface area contributed by atoms with Crippen LogP contribution in [0.15, 0.2) is 18.3 Å². The first-order chi connectivity index (χ1) is 8.27. The van der Waals surface area contributed by atoms with Gasteiger partial charge >= 0.3 is 5.97 Å². The van der Waals surface area contributed by atoms with Crippen LogP contribution < -0.4 is 5.48 Å². The van der Waals surface area contributed by atoms with Crippen LogP contribution in [0.1, 0.15) is 42.6 Å². The molecular weight excluding hydrogens is 220 g/mol. The van der Waals surface area contributed by atoms with Crippen LogP contribution in [0.3, 0.4) is 0 Å². The lowest BCUT2D eigenvalue weighted by molar-refractivity contribution is -0.155. The van der Waals surface area contributed by atoms with Crippen molar-refractivity contribution in [2.24, 2.45) is 5.92 Å². The maximum Gasteiger partial charge on any atom is 0.335 e. The summed E-state index contributed by atoms with van der Waals surface area (Å²) in [6.07, 6.45) is 6.65. The Balaban J connectivity index is 1.77. The number of rotatable bonds is 2. The molecule has 1 aromatic heterocycles. The lowest BCUT2D eigenvalue weighted by Crippen LogP contribution is -2.31. The standard InChI is InChI=1S/C12H16N2O3/c15-11(10-7-4-8-13-10)14-17-12(16)9-5-2-1-3-6-9/h4,7-9,13H,1-3,5-6H2,(H,14,15). The number of H-pyrrole nitrogens is 1. The summed E-state index contributed by atoms with van der Waals surface area (Å²) in [4.78, 5) is 30.6. The Morgan fingerprint density at radius 1 is 1.29 bits per heavy atom. The average Bonchev–Trinajstić information content (AvgIpc) is 2.90. The molecule has 1 amide bonds. The van der Waals surface area contributed by atoms with E-state index in [1.807, 2.05) is 0 Å². The molecule has 5 nitrogen and oxygen atoms in total. The van der Waals surface area contributed by atoms with E-state index < -0.39 is 5.91 Å². The van der Waals surface area contributed by atoms with E-state index in [0.29, 0.717) is 5.69 Å². The van der Waals surface area contributed by atoms with Gasteiger partial charge in [-0.25, -0.2) is 4.79 Å². The van der Waals surface area contributed by atoms with Crippen LogP contribution >= 0.6 is 0 Å². The third kappa shape index (κ3) is 3.09. The van der Waals surface area contributed by atoms with Crippen LogP contribution in [0.4, 0.5) is 0 Å². The van der Waals surface area contributed by atoms with E-state index in [2.05, 4.69) is 10.5 Å². The molecule has 2 rings (SSSR count). The average molecular weight is 236 g/mol. The van der Waals surface area contributed by atoms with Gasteiger partial charge in [-0.15, -0.1) is 0 Å². The highest BCUT2D eigenvalue weighted by Gasteiger charge is 2.23. The molecule has 0 bridgehead atoms. The molecule has 1 heterocycles. The molecule has 0 spiro atoms. The molecule has 0 saturated heterocycles. The highest BCUT2D eigenvalue weighted by molar-refractivity contribution is 5.92. The number of hydrogen-bond acceptors (Lipinski definition) is 3. The Morgan fingerprint density at radius 3 is 2.71 bits per heavy atom. The smallest absolute Gasteiger partial charge is 0.335 e. The van der Waals surface area contributed by atoms with Crippen LogP contribution in [0, 0.1) is 5.92 Å². The van der Waals surface area contributed by atoms with Crippen LogP contribution in [0.5, 0.6) is 0 Å². The lowest BCUT2D eigenvalue weighted by atomic mass is 9.89. The van der Waals surface area contributed by atoms with E-state index >= 15 is 0 Å². The summed E-state index contributed by atoms with van der Waals surface area (Å²) in [5.74, 6) is -0.823. The number of hydroxylamine groups is 1. The topological polar surface area (TPSA) is 71.2 Å². The minimum absolute atomic E-state index is 0.0623. The third-order valence-corrected chi connectivity index (χ3v) is 3.03. The van der Waals surface area contributed by atoms with Gasteiger partial charge in [-0.2, -0.15) is 5.48 Å². The molecule has 1 fully saturated rings. The van der Waals surface area contributed by atoms with E-state index in [0.717, 1.165) is 25.7 Å². The van der Waals surface area contributed by atoms with Crippen molar-refractivity contribution in [3.63, 3.8) is 0 Å². The first-order valence-electron chi connectivity index (χ1n) is 5.92. The van der Waals surface area contributed by atoms with E-state index in [-0.39, 0.29) is 11.9 Å². The quantitative estimate of drug-likeness (QED) is 0.769.